The Bertz CT molecular complexity index is 686. The maximum absolute atomic E-state index is 11.7. The number of hydrogen-bond donors (Lipinski definition) is 2. The maximum atomic E-state index is 11.7. The Hall–Kier alpha value is -1.35. The maximum Gasteiger partial charge on any atom is 0.222 e. The minimum absolute atomic E-state index is 0. The third-order valence-corrected chi connectivity index (χ3v) is 6.14. The van der Waals surface area contributed by atoms with Crippen LogP contribution in [0.4, 0.5) is 0 Å². The molecule has 0 unspecified atom stereocenters. The van der Waals surface area contributed by atoms with E-state index in [1.54, 1.807) is 0 Å². The molecule has 3 rings (SSSR count). The average molecular weight is 542 g/mol. The third kappa shape index (κ3) is 8.96. The molecule has 2 aliphatic heterocycles. The minimum Gasteiger partial charge on any atom is -0.357 e. The summed E-state index contributed by atoms with van der Waals surface area (Å²) in [4.78, 5) is 20.9. The molecule has 6 nitrogen and oxygen atoms in total. The second-order valence-corrected chi connectivity index (χ2v) is 8.74. The van der Waals surface area contributed by atoms with E-state index in [-0.39, 0.29) is 24.0 Å². The number of nitrogens with zero attached hydrogens (tertiary/aromatic N) is 3. The number of hydrogen-bond acceptors (Lipinski definition) is 3. The van der Waals surface area contributed by atoms with Crippen LogP contribution >= 0.6 is 24.0 Å². The summed E-state index contributed by atoms with van der Waals surface area (Å²) in [7, 11) is 0. The molecule has 0 atom stereocenters. The molecule has 31 heavy (non-hydrogen) atoms. The Morgan fingerprint density at radius 1 is 1.10 bits per heavy atom. The molecule has 1 amide bonds. The largest absolute Gasteiger partial charge is 0.357 e. The smallest absolute Gasteiger partial charge is 0.222 e. The molecule has 0 saturated carbocycles. The van der Waals surface area contributed by atoms with Gasteiger partial charge < -0.3 is 15.5 Å². The van der Waals surface area contributed by atoms with E-state index < -0.39 is 0 Å². The van der Waals surface area contributed by atoms with E-state index in [1.165, 1.54) is 37.1 Å². The molecule has 174 valence electrons. The SMILES string of the molecule is CCNC(=NCc1ccc(CN2CCC(C)CC2)cc1)NCCCN1CCCC1=O.I. The summed E-state index contributed by atoms with van der Waals surface area (Å²) in [6.07, 6.45) is 5.31. The number of amides is 1. The fraction of sp³-hybridized carbons (Fsp3) is 0.667. The van der Waals surface area contributed by atoms with Gasteiger partial charge in [-0.05, 0) is 62.7 Å². The molecule has 2 heterocycles. The van der Waals surface area contributed by atoms with Crippen LogP contribution < -0.4 is 10.6 Å². The molecule has 1 aromatic carbocycles. The number of rotatable bonds is 9. The van der Waals surface area contributed by atoms with Gasteiger partial charge in [0.1, 0.15) is 0 Å². The molecule has 2 N–H and O–H groups in total. The van der Waals surface area contributed by atoms with Crippen LogP contribution in [0.15, 0.2) is 29.3 Å². The van der Waals surface area contributed by atoms with E-state index in [2.05, 4.69) is 53.6 Å². The van der Waals surface area contributed by atoms with Crippen molar-refractivity contribution in [2.75, 3.05) is 39.3 Å². The fourth-order valence-corrected chi connectivity index (χ4v) is 4.16. The van der Waals surface area contributed by atoms with Gasteiger partial charge in [-0.15, -0.1) is 24.0 Å². The van der Waals surface area contributed by atoms with Crippen LogP contribution in [0.5, 0.6) is 0 Å². The van der Waals surface area contributed by atoms with Crippen LogP contribution in [0.25, 0.3) is 0 Å². The zero-order valence-corrected chi connectivity index (χ0v) is 21.6. The summed E-state index contributed by atoms with van der Waals surface area (Å²) >= 11 is 0. The molecule has 7 heteroatoms. The highest BCUT2D eigenvalue weighted by atomic mass is 127. The number of nitrogens with one attached hydrogen (secondary N) is 2. The quantitative estimate of drug-likeness (QED) is 0.217. The summed E-state index contributed by atoms with van der Waals surface area (Å²) in [5, 5.41) is 6.70. The normalized spacial score (nSPS) is 18.2. The monoisotopic (exact) mass is 541 g/mol. The molecule has 0 aliphatic carbocycles. The number of benzene rings is 1. The van der Waals surface area contributed by atoms with Crippen LogP contribution in [0.1, 0.15) is 57.1 Å². The highest BCUT2D eigenvalue weighted by Gasteiger charge is 2.19. The molecule has 2 fully saturated rings. The van der Waals surface area contributed by atoms with Crippen molar-refractivity contribution in [3.8, 4) is 0 Å². The number of piperidine rings is 1. The Labute approximate surface area is 205 Å². The first-order valence-electron chi connectivity index (χ1n) is 11.7. The van der Waals surface area contributed by atoms with Crippen LogP contribution in [-0.4, -0.2) is 60.9 Å². The van der Waals surface area contributed by atoms with Gasteiger partial charge in [-0.2, -0.15) is 0 Å². The van der Waals surface area contributed by atoms with E-state index in [0.717, 1.165) is 57.4 Å². The summed E-state index contributed by atoms with van der Waals surface area (Å²) in [5.74, 6) is 2.02. The summed E-state index contributed by atoms with van der Waals surface area (Å²) in [5.41, 5.74) is 2.62. The Balaban J connectivity index is 0.00000341. The first kappa shape index (κ1) is 25.9. The summed E-state index contributed by atoms with van der Waals surface area (Å²) in [6, 6.07) is 8.90. The number of halogens is 1. The van der Waals surface area contributed by atoms with E-state index in [0.29, 0.717) is 18.9 Å². The van der Waals surface area contributed by atoms with Gasteiger partial charge in [0.2, 0.25) is 5.91 Å². The zero-order chi connectivity index (χ0) is 21.2. The topological polar surface area (TPSA) is 60.0 Å². The highest BCUT2D eigenvalue weighted by Crippen LogP contribution is 2.18. The first-order valence-corrected chi connectivity index (χ1v) is 11.7. The van der Waals surface area contributed by atoms with E-state index >= 15 is 0 Å². The van der Waals surface area contributed by atoms with Gasteiger partial charge in [-0.1, -0.05) is 31.2 Å². The van der Waals surface area contributed by atoms with Gasteiger partial charge in [-0.25, -0.2) is 4.99 Å². The Morgan fingerprint density at radius 2 is 1.81 bits per heavy atom. The Morgan fingerprint density at radius 3 is 2.45 bits per heavy atom. The third-order valence-electron chi connectivity index (χ3n) is 6.14. The van der Waals surface area contributed by atoms with Gasteiger partial charge in [0.15, 0.2) is 5.96 Å². The Kier molecular flexibility index (Phi) is 11.6. The van der Waals surface area contributed by atoms with Crippen molar-refractivity contribution in [2.24, 2.45) is 10.9 Å². The van der Waals surface area contributed by atoms with Crippen molar-refractivity contribution in [3.63, 3.8) is 0 Å². The van der Waals surface area contributed by atoms with E-state index in [9.17, 15) is 4.79 Å². The van der Waals surface area contributed by atoms with Gasteiger partial charge in [0.05, 0.1) is 6.54 Å². The van der Waals surface area contributed by atoms with Crippen molar-refractivity contribution < 1.29 is 4.79 Å². The van der Waals surface area contributed by atoms with Crippen molar-refractivity contribution in [1.29, 1.82) is 0 Å². The number of aliphatic imine (C=N–C) groups is 1. The lowest BCUT2D eigenvalue weighted by atomic mass is 9.99. The van der Waals surface area contributed by atoms with Crippen molar-refractivity contribution >= 4 is 35.8 Å². The number of carbonyl (C=O) groups excluding carboxylic acids is 1. The fourth-order valence-electron chi connectivity index (χ4n) is 4.16. The van der Waals surface area contributed by atoms with Gasteiger partial charge >= 0.3 is 0 Å². The first-order chi connectivity index (χ1) is 14.6. The van der Waals surface area contributed by atoms with Gasteiger partial charge in [0, 0.05) is 39.1 Å². The van der Waals surface area contributed by atoms with Crippen LogP contribution in [0.2, 0.25) is 0 Å². The van der Waals surface area contributed by atoms with E-state index in [1.807, 2.05) is 4.90 Å². The van der Waals surface area contributed by atoms with Crippen LogP contribution in [-0.2, 0) is 17.9 Å². The predicted octanol–water partition coefficient (Wildman–Crippen LogP) is 3.60. The second kappa shape index (κ2) is 13.9. The second-order valence-electron chi connectivity index (χ2n) is 8.74. The number of likely N-dealkylation sites (tertiary alicyclic amines) is 2. The average Bonchev–Trinajstić information content (AvgIpc) is 3.16. The lowest BCUT2D eigenvalue weighted by Gasteiger charge is -2.30. The molecule has 0 spiro atoms. The van der Waals surface area contributed by atoms with Crippen molar-refractivity contribution in [1.82, 2.24) is 20.4 Å². The minimum atomic E-state index is 0. The van der Waals surface area contributed by atoms with Crippen molar-refractivity contribution in [2.45, 2.75) is 59.0 Å². The molecule has 1 aromatic rings. The summed E-state index contributed by atoms with van der Waals surface area (Å²) in [6.45, 7) is 12.0. The van der Waals surface area contributed by atoms with E-state index in [4.69, 9.17) is 4.99 Å². The standard InChI is InChI=1S/C24H39N5O.HI/c1-3-25-24(26-13-5-15-29-14-4-6-23(29)30)27-18-21-7-9-22(10-8-21)19-28-16-11-20(2)12-17-28;/h7-10,20H,3-6,11-19H2,1-2H3,(H2,25,26,27);1H. The molecule has 0 radical (unpaired) electrons. The van der Waals surface area contributed by atoms with Gasteiger partial charge in [-0.3, -0.25) is 9.69 Å². The van der Waals surface area contributed by atoms with Crippen LogP contribution in [0, 0.1) is 5.92 Å². The lowest BCUT2D eigenvalue weighted by molar-refractivity contribution is -0.127. The van der Waals surface area contributed by atoms with Crippen LogP contribution in [0.3, 0.4) is 0 Å². The number of carbonyl (C=O) groups is 1. The highest BCUT2D eigenvalue weighted by molar-refractivity contribution is 14.0. The lowest BCUT2D eigenvalue weighted by Crippen LogP contribution is -2.39. The predicted molar refractivity (Wildman–Crippen MR) is 139 cm³/mol. The summed E-state index contributed by atoms with van der Waals surface area (Å²) < 4.78 is 0. The molecule has 0 aromatic heterocycles. The molecule has 2 saturated heterocycles. The van der Waals surface area contributed by atoms with Gasteiger partial charge in [0.25, 0.3) is 0 Å². The molecule has 0 bridgehead atoms. The molecular formula is C24H40IN5O. The number of guanidine groups is 1. The molecular weight excluding hydrogens is 501 g/mol. The molecule has 2 aliphatic rings. The van der Waals surface area contributed by atoms with Crippen molar-refractivity contribution in [3.05, 3.63) is 35.4 Å². The zero-order valence-electron chi connectivity index (χ0n) is 19.2.